The molecule has 0 aromatic heterocycles. The van der Waals surface area contributed by atoms with Gasteiger partial charge in [-0.15, -0.1) is 0 Å². The van der Waals surface area contributed by atoms with Gasteiger partial charge in [0.15, 0.2) is 0 Å². The van der Waals surface area contributed by atoms with Crippen molar-refractivity contribution in [1.82, 2.24) is 0 Å². The fraction of sp³-hybridized carbons (Fsp3) is 0.118. The molecular weight excluding hydrogens is 252 g/mol. The van der Waals surface area contributed by atoms with Crippen LogP contribution in [0.25, 0.3) is 12.2 Å². The molecule has 1 N–H and O–H groups in total. The lowest BCUT2D eigenvalue weighted by atomic mass is 10.0. The number of rotatable bonds is 4. The Morgan fingerprint density at radius 2 is 1.80 bits per heavy atom. The molecule has 0 aliphatic carbocycles. The second-order valence-corrected chi connectivity index (χ2v) is 4.49. The van der Waals surface area contributed by atoms with Crippen LogP contribution in [0.15, 0.2) is 42.5 Å². The third-order valence-corrected chi connectivity index (χ3v) is 3.04. The molecule has 3 nitrogen and oxygen atoms in total. The summed E-state index contributed by atoms with van der Waals surface area (Å²) in [7, 11) is 1.64. The highest BCUT2D eigenvalue weighted by molar-refractivity contribution is 5.89. The topological polar surface area (TPSA) is 46.5 Å². The van der Waals surface area contributed by atoms with Crippen LogP contribution < -0.4 is 4.74 Å². The SMILES string of the molecule is COc1cccc(C=Cc2ccc(C(=O)O)c(C)c2)c1. The Hall–Kier alpha value is -2.55. The lowest BCUT2D eigenvalue weighted by Crippen LogP contribution is -1.99. The Kier molecular flexibility index (Phi) is 4.20. The molecule has 0 fully saturated rings. The first-order valence-electron chi connectivity index (χ1n) is 6.26. The molecule has 2 rings (SSSR count). The fourth-order valence-corrected chi connectivity index (χ4v) is 1.97. The molecule has 20 heavy (non-hydrogen) atoms. The van der Waals surface area contributed by atoms with Crippen molar-refractivity contribution in [3.8, 4) is 5.75 Å². The maximum Gasteiger partial charge on any atom is 0.335 e. The van der Waals surface area contributed by atoms with E-state index >= 15 is 0 Å². The number of aromatic carboxylic acids is 1. The normalized spacial score (nSPS) is 10.7. The third-order valence-electron chi connectivity index (χ3n) is 3.04. The Morgan fingerprint density at radius 1 is 1.10 bits per heavy atom. The summed E-state index contributed by atoms with van der Waals surface area (Å²) in [5, 5.41) is 8.99. The molecular formula is C17H16O3. The monoisotopic (exact) mass is 268 g/mol. The average Bonchev–Trinajstić information content (AvgIpc) is 2.45. The molecule has 0 amide bonds. The smallest absolute Gasteiger partial charge is 0.335 e. The van der Waals surface area contributed by atoms with Crippen molar-refractivity contribution >= 4 is 18.1 Å². The molecule has 2 aromatic rings. The molecule has 0 atom stereocenters. The van der Waals surface area contributed by atoms with Crippen molar-refractivity contribution in [3.63, 3.8) is 0 Å². The highest BCUT2D eigenvalue weighted by atomic mass is 16.5. The molecule has 0 unspecified atom stereocenters. The zero-order valence-corrected chi connectivity index (χ0v) is 11.5. The zero-order chi connectivity index (χ0) is 14.5. The number of benzene rings is 2. The summed E-state index contributed by atoms with van der Waals surface area (Å²) in [4.78, 5) is 11.0. The molecule has 0 saturated heterocycles. The van der Waals surface area contributed by atoms with Crippen molar-refractivity contribution in [2.45, 2.75) is 6.92 Å². The van der Waals surface area contributed by atoms with E-state index < -0.39 is 5.97 Å². The first kappa shape index (κ1) is 13.9. The Balaban J connectivity index is 2.23. The summed E-state index contributed by atoms with van der Waals surface area (Å²) in [5.41, 5.74) is 3.09. The summed E-state index contributed by atoms with van der Waals surface area (Å²) in [6, 6.07) is 13.0. The largest absolute Gasteiger partial charge is 0.497 e. The van der Waals surface area contributed by atoms with E-state index in [2.05, 4.69) is 0 Å². The molecule has 0 saturated carbocycles. The van der Waals surface area contributed by atoms with Crippen LogP contribution in [0.4, 0.5) is 0 Å². The predicted octanol–water partition coefficient (Wildman–Crippen LogP) is 3.87. The number of hydrogen-bond donors (Lipinski definition) is 1. The molecule has 3 heteroatoms. The van der Waals surface area contributed by atoms with Gasteiger partial charge in [-0.05, 0) is 41.8 Å². The minimum absolute atomic E-state index is 0.337. The van der Waals surface area contributed by atoms with Gasteiger partial charge in [0, 0.05) is 0 Å². The number of carbonyl (C=O) groups is 1. The van der Waals surface area contributed by atoms with Crippen LogP contribution in [0.2, 0.25) is 0 Å². The lowest BCUT2D eigenvalue weighted by Gasteiger charge is -2.02. The van der Waals surface area contributed by atoms with Gasteiger partial charge in [-0.1, -0.05) is 36.4 Å². The van der Waals surface area contributed by atoms with E-state index in [0.717, 1.165) is 22.4 Å². The van der Waals surface area contributed by atoms with Crippen LogP contribution in [0.1, 0.15) is 27.0 Å². The molecule has 2 aromatic carbocycles. The molecule has 0 bridgehead atoms. The summed E-state index contributed by atoms with van der Waals surface area (Å²) in [6.45, 7) is 1.80. The van der Waals surface area contributed by atoms with Gasteiger partial charge in [-0.25, -0.2) is 4.79 Å². The highest BCUT2D eigenvalue weighted by Crippen LogP contribution is 2.17. The van der Waals surface area contributed by atoms with Crippen molar-refractivity contribution in [3.05, 3.63) is 64.7 Å². The fourth-order valence-electron chi connectivity index (χ4n) is 1.97. The van der Waals surface area contributed by atoms with Crippen molar-refractivity contribution in [1.29, 1.82) is 0 Å². The van der Waals surface area contributed by atoms with Crippen LogP contribution >= 0.6 is 0 Å². The van der Waals surface area contributed by atoms with Crippen LogP contribution in [0, 0.1) is 6.92 Å². The average molecular weight is 268 g/mol. The number of ether oxygens (including phenoxy) is 1. The number of carboxylic acid groups (broad SMARTS) is 1. The van der Waals surface area contributed by atoms with E-state index in [0.29, 0.717) is 5.56 Å². The Labute approximate surface area is 118 Å². The van der Waals surface area contributed by atoms with Gasteiger partial charge in [-0.3, -0.25) is 0 Å². The van der Waals surface area contributed by atoms with Gasteiger partial charge >= 0.3 is 5.97 Å². The minimum atomic E-state index is -0.897. The minimum Gasteiger partial charge on any atom is -0.497 e. The summed E-state index contributed by atoms with van der Waals surface area (Å²) >= 11 is 0. The van der Waals surface area contributed by atoms with Gasteiger partial charge in [0.25, 0.3) is 0 Å². The number of aryl methyl sites for hydroxylation is 1. The van der Waals surface area contributed by atoms with Crippen LogP contribution in [0.5, 0.6) is 5.75 Å². The van der Waals surface area contributed by atoms with Crippen LogP contribution in [-0.2, 0) is 0 Å². The van der Waals surface area contributed by atoms with E-state index in [9.17, 15) is 4.79 Å². The van der Waals surface area contributed by atoms with Gasteiger partial charge in [0.05, 0.1) is 12.7 Å². The number of hydrogen-bond acceptors (Lipinski definition) is 2. The van der Waals surface area contributed by atoms with Gasteiger partial charge < -0.3 is 9.84 Å². The first-order chi connectivity index (χ1) is 9.60. The van der Waals surface area contributed by atoms with Gasteiger partial charge in [0.1, 0.15) is 5.75 Å². The van der Waals surface area contributed by atoms with E-state index in [4.69, 9.17) is 9.84 Å². The molecule has 0 spiro atoms. The maximum absolute atomic E-state index is 11.0. The Bertz CT molecular complexity index is 657. The van der Waals surface area contributed by atoms with E-state index in [1.54, 1.807) is 26.2 Å². The van der Waals surface area contributed by atoms with Crippen molar-refractivity contribution < 1.29 is 14.6 Å². The molecule has 0 aliphatic rings. The summed E-state index contributed by atoms with van der Waals surface area (Å²) in [5.74, 6) is -0.0876. The molecule has 102 valence electrons. The summed E-state index contributed by atoms with van der Waals surface area (Å²) < 4.78 is 5.17. The molecule has 0 aliphatic heterocycles. The second-order valence-electron chi connectivity index (χ2n) is 4.49. The standard InChI is InChI=1S/C17H16O3/c1-12-10-14(8-9-16(12)17(18)19)7-6-13-4-3-5-15(11-13)20-2/h3-11H,1-2H3,(H,18,19). The van der Waals surface area contributed by atoms with Crippen LogP contribution in [-0.4, -0.2) is 18.2 Å². The predicted molar refractivity (Wildman–Crippen MR) is 80.1 cm³/mol. The van der Waals surface area contributed by atoms with Crippen molar-refractivity contribution in [2.75, 3.05) is 7.11 Å². The van der Waals surface area contributed by atoms with Gasteiger partial charge in [0.2, 0.25) is 0 Å². The van der Waals surface area contributed by atoms with Gasteiger partial charge in [-0.2, -0.15) is 0 Å². The quantitative estimate of drug-likeness (QED) is 0.856. The van der Waals surface area contributed by atoms with E-state index in [1.807, 2.05) is 42.5 Å². The molecule has 0 heterocycles. The third kappa shape index (κ3) is 3.26. The Morgan fingerprint density at radius 3 is 2.40 bits per heavy atom. The van der Waals surface area contributed by atoms with E-state index in [-0.39, 0.29) is 0 Å². The van der Waals surface area contributed by atoms with E-state index in [1.165, 1.54) is 0 Å². The lowest BCUT2D eigenvalue weighted by molar-refractivity contribution is 0.0696. The number of carboxylic acids is 1. The summed E-state index contributed by atoms with van der Waals surface area (Å²) in [6.07, 6.45) is 3.92. The zero-order valence-electron chi connectivity index (χ0n) is 11.5. The first-order valence-corrected chi connectivity index (χ1v) is 6.26. The van der Waals surface area contributed by atoms with Crippen LogP contribution in [0.3, 0.4) is 0 Å². The number of methoxy groups -OCH3 is 1. The highest BCUT2D eigenvalue weighted by Gasteiger charge is 2.05. The second kappa shape index (κ2) is 6.06. The molecule has 0 radical (unpaired) electrons. The maximum atomic E-state index is 11.0. The van der Waals surface area contributed by atoms with Crippen molar-refractivity contribution in [2.24, 2.45) is 0 Å².